The zero-order valence-electron chi connectivity index (χ0n) is 23.8. The molecule has 38 heavy (non-hydrogen) atoms. The minimum atomic E-state index is -2.28. The molecule has 1 atom stereocenters. The van der Waals surface area contributed by atoms with Gasteiger partial charge in [0.15, 0.2) is 14.4 Å². The summed E-state index contributed by atoms with van der Waals surface area (Å²) in [4.78, 5) is 23.6. The van der Waals surface area contributed by atoms with E-state index < -0.39 is 32.1 Å². The Labute approximate surface area is 226 Å². The molecular formula is C27H43N3O7Si. The lowest BCUT2D eigenvalue weighted by atomic mass is 10.1. The monoisotopic (exact) mass is 549 g/mol. The Morgan fingerprint density at radius 2 is 1.74 bits per heavy atom. The van der Waals surface area contributed by atoms with E-state index in [1.165, 1.54) is 0 Å². The zero-order chi connectivity index (χ0) is 28.7. The van der Waals surface area contributed by atoms with Gasteiger partial charge in [0, 0.05) is 18.7 Å². The first kappa shape index (κ1) is 31.3. The molecule has 0 saturated heterocycles. The molecule has 0 aliphatic carbocycles. The SMILES string of the molecule is CC(C)(C)OC(=O)NCCCn1nc(-c2ccc(OC[C@@H](O[Si](C)(C)C(C)(C)C)C(=O)O)cc2)cc1CO. The van der Waals surface area contributed by atoms with Crippen LogP contribution in [-0.4, -0.2) is 65.2 Å². The van der Waals surface area contributed by atoms with Gasteiger partial charge in [-0.3, -0.25) is 4.68 Å². The number of aryl methyl sites for hydroxylation is 1. The molecule has 2 aromatic rings. The molecule has 2 rings (SSSR count). The van der Waals surface area contributed by atoms with Crippen LogP contribution in [0.1, 0.15) is 53.7 Å². The lowest BCUT2D eigenvalue weighted by Gasteiger charge is -2.38. The van der Waals surface area contributed by atoms with Crippen molar-refractivity contribution in [3.63, 3.8) is 0 Å². The molecule has 0 spiro atoms. The van der Waals surface area contributed by atoms with E-state index in [0.717, 1.165) is 5.56 Å². The third kappa shape index (κ3) is 9.45. The predicted molar refractivity (Wildman–Crippen MR) is 148 cm³/mol. The second kappa shape index (κ2) is 12.8. The smallest absolute Gasteiger partial charge is 0.407 e. The normalized spacial score (nSPS) is 13.2. The number of nitrogens with zero attached hydrogens (tertiary/aromatic N) is 2. The maximum Gasteiger partial charge on any atom is 0.407 e. The van der Waals surface area contributed by atoms with E-state index in [9.17, 15) is 19.8 Å². The number of carboxylic acid groups (broad SMARTS) is 1. The second-order valence-electron chi connectivity index (χ2n) is 11.7. The Balaban J connectivity index is 1.97. The molecule has 0 aliphatic rings. The summed E-state index contributed by atoms with van der Waals surface area (Å²) in [5.41, 5.74) is 1.61. The van der Waals surface area contributed by atoms with Crippen LogP contribution in [0.25, 0.3) is 11.3 Å². The van der Waals surface area contributed by atoms with Crippen molar-refractivity contribution >= 4 is 20.4 Å². The number of aromatic nitrogens is 2. The number of amides is 1. The Morgan fingerprint density at radius 3 is 2.26 bits per heavy atom. The lowest BCUT2D eigenvalue weighted by molar-refractivity contribution is -0.147. The quantitative estimate of drug-likeness (QED) is 0.254. The van der Waals surface area contributed by atoms with Gasteiger partial charge in [-0.1, -0.05) is 20.8 Å². The highest BCUT2D eigenvalue weighted by Crippen LogP contribution is 2.37. The fourth-order valence-electron chi connectivity index (χ4n) is 3.23. The van der Waals surface area contributed by atoms with Crippen LogP contribution in [0.15, 0.2) is 30.3 Å². The number of nitrogens with one attached hydrogen (secondary N) is 1. The summed E-state index contributed by atoms with van der Waals surface area (Å²) in [6, 6.07) is 8.98. The molecule has 212 valence electrons. The highest BCUT2D eigenvalue weighted by molar-refractivity contribution is 6.74. The van der Waals surface area contributed by atoms with Gasteiger partial charge in [0.25, 0.3) is 0 Å². The van der Waals surface area contributed by atoms with E-state index in [4.69, 9.17) is 13.9 Å². The molecule has 1 amide bonds. The van der Waals surface area contributed by atoms with Crippen molar-refractivity contribution < 1.29 is 33.7 Å². The summed E-state index contributed by atoms with van der Waals surface area (Å²) in [5.74, 6) is -0.524. The van der Waals surface area contributed by atoms with Crippen molar-refractivity contribution in [2.75, 3.05) is 13.2 Å². The van der Waals surface area contributed by atoms with Crippen LogP contribution in [0.5, 0.6) is 5.75 Å². The highest BCUT2D eigenvalue weighted by Gasteiger charge is 2.41. The number of benzene rings is 1. The predicted octanol–water partition coefficient (Wildman–Crippen LogP) is 4.81. The van der Waals surface area contributed by atoms with E-state index >= 15 is 0 Å². The van der Waals surface area contributed by atoms with Gasteiger partial charge in [0.05, 0.1) is 18.0 Å². The first-order valence-electron chi connectivity index (χ1n) is 12.8. The fourth-order valence-corrected chi connectivity index (χ4v) is 4.47. The average Bonchev–Trinajstić information content (AvgIpc) is 3.21. The van der Waals surface area contributed by atoms with E-state index in [0.29, 0.717) is 36.6 Å². The van der Waals surface area contributed by atoms with Crippen LogP contribution < -0.4 is 10.1 Å². The number of alkyl carbamates (subject to hydrolysis) is 1. The first-order chi connectivity index (χ1) is 17.5. The minimum Gasteiger partial charge on any atom is -0.490 e. The van der Waals surface area contributed by atoms with Gasteiger partial charge < -0.3 is 29.4 Å². The maximum absolute atomic E-state index is 11.8. The molecule has 0 radical (unpaired) electrons. The van der Waals surface area contributed by atoms with E-state index in [2.05, 4.69) is 31.2 Å². The molecule has 10 nitrogen and oxygen atoms in total. The Bertz CT molecular complexity index is 1070. The molecule has 1 aromatic carbocycles. The summed E-state index contributed by atoms with van der Waals surface area (Å²) in [5, 5.41) is 26.6. The Kier molecular flexibility index (Phi) is 10.5. The Hall–Kier alpha value is -2.89. The maximum atomic E-state index is 11.8. The van der Waals surface area contributed by atoms with Crippen molar-refractivity contribution in [3.05, 3.63) is 36.0 Å². The average molecular weight is 550 g/mol. The molecule has 0 aliphatic heterocycles. The number of ether oxygens (including phenoxy) is 2. The number of hydrogen-bond donors (Lipinski definition) is 3. The summed E-state index contributed by atoms with van der Waals surface area (Å²) >= 11 is 0. The van der Waals surface area contributed by atoms with E-state index in [1.807, 2.05) is 31.3 Å². The molecule has 0 unspecified atom stereocenters. The minimum absolute atomic E-state index is 0.0954. The molecule has 3 N–H and O–H groups in total. The molecule has 0 saturated carbocycles. The van der Waals surface area contributed by atoms with Gasteiger partial charge in [-0.15, -0.1) is 0 Å². The fraction of sp³-hybridized carbons (Fsp3) is 0.593. The summed E-state index contributed by atoms with van der Waals surface area (Å²) in [6.07, 6.45) is -0.908. The highest BCUT2D eigenvalue weighted by atomic mass is 28.4. The number of carboxylic acids is 1. The number of hydrogen-bond acceptors (Lipinski definition) is 7. The van der Waals surface area contributed by atoms with Gasteiger partial charge in [0.2, 0.25) is 0 Å². The Morgan fingerprint density at radius 1 is 1.11 bits per heavy atom. The summed E-state index contributed by atoms with van der Waals surface area (Å²) in [7, 11) is -2.28. The van der Waals surface area contributed by atoms with Gasteiger partial charge in [-0.25, -0.2) is 9.59 Å². The van der Waals surface area contributed by atoms with Crippen LogP contribution in [0.2, 0.25) is 18.1 Å². The number of aliphatic hydroxyl groups excluding tert-OH is 1. The zero-order valence-corrected chi connectivity index (χ0v) is 24.8. The second-order valence-corrected chi connectivity index (χ2v) is 16.5. The largest absolute Gasteiger partial charge is 0.490 e. The van der Waals surface area contributed by atoms with Crippen LogP contribution >= 0.6 is 0 Å². The molecule has 1 aromatic heterocycles. The van der Waals surface area contributed by atoms with Crippen LogP contribution in [-0.2, 0) is 27.1 Å². The van der Waals surface area contributed by atoms with Crippen molar-refractivity contribution in [2.45, 2.75) is 91.0 Å². The number of rotatable bonds is 12. The molecule has 11 heteroatoms. The molecule has 0 bridgehead atoms. The topological polar surface area (TPSA) is 132 Å². The standard InChI is InChI=1S/C27H43N3O7Si/c1-26(2,3)36-25(34)28-14-9-15-30-20(17-31)16-22(29-30)19-10-12-21(13-11-19)35-18-23(24(32)33)37-38(7,8)27(4,5)6/h10-13,16,23,31H,9,14-15,17-18H2,1-8H3,(H,28,34)(H,32,33)/t23-/m1/s1. The third-order valence-electron chi connectivity index (χ3n) is 6.31. The van der Waals surface area contributed by atoms with Gasteiger partial charge >= 0.3 is 12.1 Å². The van der Waals surface area contributed by atoms with Gasteiger partial charge in [0.1, 0.15) is 18.0 Å². The van der Waals surface area contributed by atoms with E-state index in [1.54, 1.807) is 37.6 Å². The number of aliphatic carboxylic acids is 1. The van der Waals surface area contributed by atoms with E-state index in [-0.39, 0.29) is 18.3 Å². The lowest BCUT2D eigenvalue weighted by Crippen LogP contribution is -2.47. The van der Waals surface area contributed by atoms with Crippen molar-refractivity contribution in [3.8, 4) is 17.0 Å². The van der Waals surface area contributed by atoms with Crippen LogP contribution in [0.4, 0.5) is 4.79 Å². The molecular weight excluding hydrogens is 506 g/mol. The summed E-state index contributed by atoms with van der Waals surface area (Å²) in [6.45, 7) is 16.3. The van der Waals surface area contributed by atoms with Gasteiger partial charge in [-0.2, -0.15) is 5.10 Å². The van der Waals surface area contributed by atoms with Crippen LogP contribution in [0.3, 0.4) is 0 Å². The first-order valence-corrected chi connectivity index (χ1v) is 15.7. The van der Waals surface area contributed by atoms with Crippen molar-refractivity contribution in [1.82, 2.24) is 15.1 Å². The molecule has 0 fully saturated rings. The van der Waals surface area contributed by atoms with Crippen molar-refractivity contribution in [1.29, 1.82) is 0 Å². The number of carbonyl (C=O) groups excluding carboxylic acids is 1. The number of carbonyl (C=O) groups is 2. The van der Waals surface area contributed by atoms with Gasteiger partial charge in [-0.05, 0) is 75.7 Å². The van der Waals surface area contributed by atoms with Crippen molar-refractivity contribution in [2.24, 2.45) is 0 Å². The molecule has 1 heterocycles. The number of aliphatic hydroxyl groups is 1. The van der Waals surface area contributed by atoms with Crippen LogP contribution in [0, 0.1) is 0 Å². The third-order valence-corrected chi connectivity index (χ3v) is 10.8. The summed E-state index contributed by atoms with van der Waals surface area (Å²) < 4.78 is 18.7.